The van der Waals surface area contributed by atoms with Crippen LogP contribution in [0, 0.1) is 10.7 Å². The molecule has 0 aliphatic rings. The molecule has 3 rings (SSSR count). The fourth-order valence-corrected chi connectivity index (χ4v) is 2.48. The van der Waals surface area contributed by atoms with Crippen molar-refractivity contribution in [3.63, 3.8) is 0 Å². The van der Waals surface area contributed by atoms with Gasteiger partial charge in [0.1, 0.15) is 17.3 Å². The second-order valence-electron chi connectivity index (χ2n) is 5.53. The second kappa shape index (κ2) is 5.72. The summed E-state index contributed by atoms with van der Waals surface area (Å²) in [5.41, 5.74) is 0.933. The van der Waals surface area contributed by atoms with Crippen molar-refractivity contribution < 1.29 is 4.39 Å². The Bertz CT molecular complexity index is 946. The summed E-state index contributed by atoms with van der Waals surface area (Å²) in [7, 11) is 0. The first-order valence-electron chi connectivity index (χ1n) is 7.17. The second-order valence-corrected chi connectivity index (χ2v) is 5.53. The monoisotopic (exact) mass is 311 g/mol. The Balaban J connectivity index is 2.38. The number of benzene rings is 2. The molecule has 0 amide bonds. The van der Waals surface area contributed by atoms with E-state index in [9.17, 15) is 14.1 Å². The fourth-order valence-electron chi connectivity index (χ4n) is 2.48. The van der Waals surface area contributed by atoms with Crippen molar-refractivity contribution in [2.24, 2.45) is 5.18 Å². The van der Waals surface area contributed by atoms with Crippen molar-refractivity contribution >= 4 is 16.6 Å². The highest BCUT2D eigenvalue weighted by Gasteiger charge is 2.15. The van der Waals surface area contributed by atoms with Gasteiger partial charge in [-0.05, 0) is 47.6 Å². The molecule has 23 heavy (non-hydrogen) atoms. The highest BCUT2D eigenvalue weighted by Crippen LogP contribution is 2.22. The van der Waals surface area contributed by atoms with Crippen LogP contribution in [0.5, 0.6) is 0 Å². The van der Waals surface area contributed by atoms with Gasteiger partial charge in [0.2, 0.25) is 0 Å². The van der Waals surface area contributed by atoms with Gasteiger partial charge < -0.3 is 0 Å². The van der Waals surface area contributed by atoms with Gasteiger partial charge in [-0.15, -0.1) is 4.91 Å². The number of rotatable bonds is 3. The first-order chi connectivity index (χ1) is 11.0. The first-order valence-corrected chi connectivity index (χ1v) is 7.17. The molecule has 0 saturated heterocycles. The quantitative estimate of drug-likeness (QED) is 0.685. The van der Waals surface area contributed by atoms with Crippen LogP contribution in [0.4, 0.5) is 10.1 Å². The molecule has 0 atom stereocenters. The van der Waals surface area contributed by atoms with Crippen LogP contribution in [0.15, 0.2) is 52.4 Å². The number of nitroso groups, excluding NO2 is 1. The molecule has 0 N–H and O–H groups in total. The van der Waals surface area contributed by atoms with Crippen molar-refractivity contribution in [3.05, 3.63) is 69.4 Å². The Hall–Kier alpha value is -2.89. The Morgan fingerprint density at radius 2 is 1.83 bits per heavy atom. The van der Waals surface area contributed by atoms with E-state index in [-0.39, 0.29) is 23.0 Å². The summed E-state index contributed by atoms with van der Waals surface area (Å²) in [4.78, 5) is 28.1. The van der Waals surface area contributed by atoms with Crippen LogP contribution in [0.2, 0.25) is 0 Å². The molecule has 2 aromatic carbocycles. The summed E-state index contributed by atoms with van der Waals surface area (Å²) in [6.07, 6.45) is 0. The summed E-state index contributed by atoms with van der Waals surface area (Å²) in [5.74, 6) is 0.130. The van der Waals surface area contributed by atoms with Crippen molar-refractivity contribution in [2.45, 2.75) is 19.8 Å². The van der Waals surface area contributed by atoms with E-state index in [1.54, 1.807) is 0 Å². The lowest BCUT2D eigenvalue weighted by Crippen LogP contribution is -2.24. The van der Waals surface area contributed by atoms with E-state index >= 15 is 0 Å². The summed E-state index contributed by atoms with van der Waals surface area (Å²) in [5, 5.41) is 3.26. The van der Waals surface area contributed by atoms with Crippen molar-refractivity contribution in [1.82, 2.24) is 9.55 Å². The number of aromatic nitrogens is 2. The van der Waals surface area contributed by atoms with Crippen LogP contribution < -0.4 is 5.56 Å². The van der Waals surface area contributed by atoms with E-state index in [0.29, 0.717) is 22.4 Å². The normalized spacial score (nSPS) is 11.1. The highest BCUT2D eigenvalue weighted by atomic mass is 19.1. The molecule has 1 heterocycles. The lowest BCUT2D eigenvalue weighted by atomic mass is 10.1. The first kappa shape index (κ1) is 15.0. The van der Waals surface area contributed by atoms with Gasteiger partial charge >= 0.3 is 0 Å². The van der Waals surface area contributed by atoms with E-state index in [0.717, 1.165) is 0 Å². The van der Waals surface area contributed by atoms with Gasteiger partial charge in [0.15, 0.2) is 0 Å². The van der Waals surface area contributed by atoms with E-state index < -0.39 is 0 Å². The highest BCUT2D eigenvalue weighted by molar-refractivity contribution is 5.81. The third-order valence-electron chi connectivity index (χ3n) is 3.59. The van der Waals surface area contributed by atoms with Gasteiger partial charge in [0, 0.05) is 5.92 Å². The molecule has 0 unspecified atom stereocenters. The Kier molecular flexibility index (Phi) is 3.73. The zero-order valence-corrected chi connectivity index (χ0v) is 12.7. The average Bonchev–Trinajstić information content (AvgIpc) is 2.55. The predicted octanol–water partition coefficient (Wildman–Crippen LogP) is 4.05. The molecule has 0 spiro atoms. The predicted molar refractivity (Wildman–Crippen MR) is 86.8 cm³/mol. The van der Waals surface area contributed by atoms with Gasteiger partial charge in [-0.3, -0.25) is 9.36 Å². The maximum absolute atomic E-state index is 13.2. The Morgan fingerprint density at radius 1 is 1.13 bits per heavy atom. The molecule has 0 radical (unpaired) electrons. The molecule has 0 saturated carbocycles. The molecule has 0 bridgehead atoms. The van der Waals surface area contributed by atoms with E-state index in [1.807, 2.05) is 13.8 Å². The van der Waals surface area contributed by atoms with Gasteiger partial charge in [0.25, 0.3) is 5.56 Å². The van der Waals surface area contributed by atoms with Crippen LogP contribution in [0.3, 0.4) is 0 Å². The van der Waals surface area contributed by atoms with Crippen LogP contribution in [-0.4, -0.2) is 9.55 Å². The standard InChI is InChI=1S/C17H14FN3O2/c1-10(2)16-19-15-9-12(20-23)5-8-14(15)17(22)21(16)13-6-3-11(18)4-7-13/h3-10H,1-2H3. The minimum atomic E-state index is -0.372. The largest absolute Gasteiger partial charge is 0.268 e. The van der Waals surface area contributed by atoms with Gasteiger partial charge in [-0.2, -0.15) is 0 Å². The molecule has 3 aromatic rings. The molecular weight excluding hydrogens is 297 g/mol. The number of hydrogen-bond donors (Lipinski definition) is 0. The Labute approximate surface area is 131 Å². The summed E-state index contributed by atoms with van der Waals surface area (Å²) < 4.78 is 14.6. The number of hydrogen-bond acceptors (Lipinski definition) is 4. The molecular formula is C17H14FN3O2. The lowest BCUT2D eigenvalue weighted by molar-refractivity contribution is 0.626. The van der Waals surface area contributed by atoms with Crippen molar-refractivity contribution in [2.75, 3.05) is 0 Å². The van der Waals surface area contributed by atoms with Gasteiger partial charge in [-0.25, -0.2) is 9.37 Å². The molecule has 116 valence electrons. The lowest BCUT2D eigenvalue weighted by Gasteiger charge is -2.16. The summed E-state index contributed by atoms with van der Waals surface area (Å²) in [6.45, 7) is 3.82. The van der Waals surface area contributed by atoms with Crippen LogP contribution in [0.1, 0.15) is 25.6 Å². The van der Waals surface area contributed by atoms with Gasteiger partial charge in [-0.1, -0.05) is 13.8 Å². The minimum Gasteiger partial charge on any atom is -0.268 e. The maximum Gasteiger partial charge on any atom is 0.265 e. The SMILES string of the molecule is CC(C)c1nc2cc(N=O)ccc2c(=O)n1-c1ccc(F)cc1. The molecule has 5 nitrogen and oxygen atoms in total. The van der Waals surface area contributed by atoms with E-state index in [1.165, 1.54) is 47.0 Å². The molecule has 0 fully saturated rings. The zero-order valence-electron chi connectivity index (χ0n) is 12.7. The Morgan fingerprint density at radius 3 is 2.43 bits per heavy atom. The number of halogens is 1. The number of fused-ring (bicyclic) bond motifs is 1. The molecule has 0 aliphatic heterocycles. The van der Waals surface area contributed by atoms with Crippen LogP contribution in [0.25, 0.3) is 16.6 Å². The van der Waals surface area contributed by atoms with Crippen LogP contribution in [-0.2, 0) is 0 Å². The zero-order chi connectivity index (χ0) is 16.6. The fraction of sp³-hybridized carbons (Fsp3) is 0.176. The topological polar surface area (TPSA) is 64.3 Å². The van der Waals surface area contributed by atoms with Gasteiger partial charge in [0.05, 0.1) is 16.6 Å². The van der Waals surface area contributed by atoms with Crippen molar-refractivity contribution in [1.29, 1.82) is 0 Å². The summed E-state index contributed by atoms with van der Waals surface area (Å²) >= 11 is 0. The third kappa shape index (κ3) is 2.63. The minimum absolute atomic E-state index is 0.0370. The van der Waals surface area contributed by atoms with E-state index in [2.05, 4.69) is 10.2 Å². The molecule has 1 aromatic heterocycles. The smallest absolute Gasteiger partial charge is 0.265 e. The number of nitrogens with zero attached hydrogens (tertiary/aromatic N) is 3. The van der Waals surface area contributed by atoms with Crippen LogP contribution >= 0.6 is 0 Å². The van der Waals surface area contributed by atoms with Crippen molar-refractivity contribution in [3.8, 4) is 5.69 Å². The summed E-state index contributed by atoms with van der Waals surface area (Å²) in [6, 6.07) is 10.2. The molecule has 0 aliphatic carbocycles. The molecule has 6 heteroatoms. The van der Waals surface area contributed by atoms with E-state index in [4.69, 9.17) is 0 Å². The average molecular weight is 311 g/mol. The third-order valence-corrected chi connectivity index (χ3v) is 3.59. The maximum atomic E-state index is 13.2.